The summed E-state index contributed by atoms with van der Waals surface area (Å²) in [5, 5.41) is 8.52. The first-order valence-corrected chi connectivity index (χ1v) is 3.36. The van der Waals surface area contributed by atoms with Crippen molar-refractivity contribution in [2.75, 3.05) is 0 Å². The highest BCUT2D eigenvalue weighted by Crippen LogP contribution is 2.08. The lowest BCUT2D eigenvalue weighted by Crippen LogP contribution is -2.02. The molecule has 0 heterocycles. The van der Waals surface area contributed by atoms with E-state index in [0.29, 0.717) is 5.56 Å². The van der Waals surface area contributed by atoms with Gasteiger partial charge in [0, 0.05) is 6.54 Å². The fourth-order valence-corrected chi connectivity index (χ4v) is 0.892. The minimum atomic E-state index is -1.15. The highest BCUT2D eigenvalue weighted by molar-refractivity contribution is 5.87. The van der Waals surface area contributed by atoms with Crippen molar-refractivity contribution in [1.82, 2.24) is 0 Å². The second-order valence-electron chi connectivity index (χ2n) is 2.36. The van der Waals surface area contributed by atoms with Gasteiger partial charge in [0.2, 0.25) is 0 Å². The van der Waals surface area contributed by atoms with Crippen molar-refractivity contribution < 1.29 is 14.3 Å². The predicted molar refractivity (Wildman–Crippen MR) is 48.5 cm³/mol. The van der Waals surface area contributed by atoms with Crippen LogP contribution in [0.5, 0.6) is 0 Å². The lowest BCUT2D eigenvalue weighted by Gasteiger charge is -1.99. The molecule has 1 rings (SSSR count). The number of hydrogen-bond donors (Lipinski definition) is 2. The van der Waals surface area contributed by atoms with E-state index in [2.05, 4.69) is 0 Å². The van der Waals surface area contributed by atoms with Crippen molar-refractivity contribution in [2.24, 2.45) is 5.73 Å². The second-order valence-corrected chi connectivity index (χ2v) is 2.36. The van der Waals surface area contributed by atoms with Crippen molar-refractivity contribution in [3.63, 3.8) is 0 Å². The zero-order valence-electron chi connectivity index (χ0n) is 6.66. The Bertz CT molecular complexity index is 317. The van der Waals surface area contributed by atoms with Crippen LogP contribution in [0.1, 0.15) is 15.9 Å². The van der Waals surface area contributed by atoms with E-state index in [4.69, 9.17) is 10.8 Å². The highest BCUT2D eigenvalue weighted by Gasteiger charge is 2.05. The molecule has 0 saturated carbocycles. The van der Waals surface area contributed by atoms with Crippen LogP contribution in [0.3, 0.4) is 0 Å². The largest absolute Gasteiger partial charge is 0.478 e. The number of nitrogens with two attached hydrogens (primary N) is 1. The third-order valence-corrected chi connectivity index (χ3v) is 1.44. The van der Waals surface area contributed by atoms with Gasteiger partial charge < -0.3 is 10.8 Å². The topological polar surface area (TPSA) is 63.3 Å². The minimum absolute atomic E-state index is 0. The first-order chi connectivity index (χ1) is 5.63. The van der Waals surface area contributed by atoms with E-state index >= 15 is 0 Å². The van der Waals surface area contributed by atoms with Gasteiger partial charge in [-0.15, -0.1) is 12.4 Å². The quantitative estimate of drug-likeness (QED) is 0.767. The normalized spacial score (nSPS) is 9.08. The first-order valence-electron chi connectivity index (χ1n) is 3.36. The summed E-state index contributed by atoms with van der Waals surface area (Å²) >= 11 is 0. The van der Waals surface area contributed by atoms with Crippen LogP contribution in [-0.4, -0.2) is 11.1 Å². The Hall–Kier alpha value is -1.13. The molecule has 0 amide bonds. The van der Waals surface area contributed by atoms with Crippen LogP contribution in [0.15, 0.2) is 18.2 Å². The fourth-order valence-electron chi connectivity index (χ4n) is 0.892. The lowest BCUT2D eigenvalue weighted by molar-refractivity contribution is 0.0696. The molecule has 0 bridgehead atoms. The van der Waals surface area contributed by atoms with Gasteiger partial charge in [0.25, 0.3) is 0 Å². The number of benzene rings is 1. The summed E-state index contributed by atoms with van der Waals surface area (Å²) in [6, 6.07) is 3.53. The minimum Gasteiger partial charge on any atom is -0.478 e. The molecule has 0 aliphatic rings. The van der Waals surface area contributed by atoms with E-state index in [1.165, 1.54) is 12.1 Å². The Morgan fingerprint density at radius 2 is 2.08 bits per heavy atom. The summed E-state index contributed by atoms with van der Waals surface area (Å²) in [7, 11) is 0. The third-order valence-electron chi connectivity index (χ3n) is 1.44. The standard InChI is InChI=1S/C8H8FNO2.ClH/c9-7-2-5(4-10)1-6(3-7)8(11)12;/h1-3H,4,10H2,(H,11,12);1H. The van der Waals surface area contributed by atoms with Crippen LogP contribution in [0.2, 0.25) is 0 Å². The molecular formula is C8H9ClFNO2. The number of carbonyl (C=O) groups is 1. The zero-order valence-corrected chi connectivity index (χ0v) is 7.47. The van der Waals surface area contributed by atoms with Gasteiger partial charge in [0.05, 0.1) is 5.56 Å². The number of rotatable bonds is 2. The van der Waals surface area contributed by atoms with E-state index in [1.807, 2.05) is 0 Å². The molecular weight excluding hydrogens is 197 g/mol. The van der Waals surface area contributed by atoms with Crippen molar-refractivity contribution in [1.29, 1.82) is 0 Å². The number of carboxylic acid groups (broad SMARTS) is 1. The second kappa shape index (κ2) is 4.79. The van der Waals surface area contributed by atoms with Crippen molar-refractivity contribution in [2.45, 2.75) is 6.54 Å². The zero-order chi connectivity index (χ0) is 9.14. The monoisotopic (exact) mass is 205 g/mol. The van der Waals surface area contributed by atoms with Crippen molar-refractivity contribution in [3.8, 4) is 0 Å². The average Bonchev–Trinajstić information content (AvgIpc) is 2.03. The fraction of sp³-hybridized carbons (Fsp3) is 0.125. The van der Waals surface area contributed by atoms with Gasteiger partial charge in [-0.1, -0.05) is 0 Å². The number of hydrogen-bond acceptors (Lipinski definition) is 2. The van der Waals surface area contributed by atoms with Gasteiger partial charge in [-0.05, 0) is 23.8 Å². The summed E-state index contributed by atoms with van der Waals surface area (Å²) in [5.74, 6) is -1.72. The molecule has 13 heavy (non-hydrogen) atoms. The Balaban J connectivity index is 0.00000144. The van der Waals surface area contributed by atoms with Gasteiger partial charge in [-0.25, -0.2) is 9.18 Å². The summed E-state index contributed by atoms with van der Waals surface area (Å²) in [6.07, 6.45) is 0. The molecule has 5 heteroatoms. The molecule has 0 aromatic heterocycles. The Morgan fingerprint density at radius 3 is 2.54 bits per heavy atom. The van der Waals surface area contributed by atoms with Gasteiger partial charge in [0.15, 0.2) is 0 Å². The smallest absolute Gasteiger partial charge is 0.335 e. The van der Waals surface area contributed by atoms with Crippen molar-refractivity contribution in [3.05, 3.63) is 35.1 Å². The van der Waals surface area contributed by atoms with E-state index in [0.717, 1.165) is 6.07 Å². The van der Waals surface area contributed by atoms with Gasteiger partial charge >= 0.3 is 5.97 Å². The molecule has 0 spiro atoms. The molecule has 1 aromatic rings. The van der Waals surface area contributed by atoms with Crippen LogP contribution in [-0.2, 0) is 6.54 Å². The van der Waals surface area contributed by atoms with E-state index in [-0.39, 0.29) is 24.5 Å². The summed E-state index contributed by atoms with van der Waals surface area (Å²) < 4.78 is 12.7. The summed E-state index contributed by atoms with van der Waals surface area (Å²) in [5.41, 5.74) is 5.63. The molecule has 0 saturated heterocycles. The third kappa shape index (κ3) is 3.01. The van der Waals surface area contributed by atoms with Gasteiger partial charge in [-0.2, -0.15) is 0 Å². The summed E-state index contributed by atoms with van der Waals surface area (Å²) in [4.78, 5) is 10.4. The number of halogens is 2. The molecule has 0 atom stereocenters. The van der Waals surface area contributed by atoms with Gasteiger partial charge in [-0.3, -0.25) is 0 Å². The molecule has 1 aromatic carbocycles. The van der Waals surface area contributed by atoms with E-state index in [1.54, 1.807) is 0 Å². The Kier molecular flexibility index (Phi) is 4.37. The van der Waals surface area contributed by atoms with E-state index < -0.39 is 11.8 Å². The van der Waals surface area contributed by atoms with Crippen LogP contribution >= 0.6 is 12.4 Å². The van der Waals surface area contributed by atoms with Crippen LogP contribution in [0, 0.1) is 5.82 Å². The average molecular weight is 206 g/mol. The molecule has 0 aliphatic carbocycles. The molecule has 0 aliphatic heterocycles. The highest BCUT2D eigenvalue weighted by atomic mass is 35.5. The molecule has 0 unspecified atom stereocenters. The maximum atomic E-state index is 12.7. The molecule has 3 nitrogen and oxygen atoms in total. The number of aromatic carboxylic acids is 1. The van der Waals surface area contributed by atoms with E-state index in [9.17, 15) is 9.18 Å². The van der Waals surface area contributed by atoms with Crippen molar-refractivity contribution >= 4 is 18.4 Å². The molecule has 72 valence electrons. The van der Waals surface area contributed by atoms with Crippen LogP contribution in [0.25, 0.3) is 0 Å². The molecule has 3 N–H and O–H groups in total. The maximum Gasteiger partial charge on any atom is 0.335 e. The van der Waals surface area contributed by atoms with Crippen LogP contribution in [0.4, 0.5) is 4.39 Å². The lowest BCUT2D eigenvalue weighted by atomic mass is 10.1. The Morgan fingerprint density at radius 1 is 1.46 bits per heavy atom. The summed E-state index contributed by atoms with van der Waals surface area (Å²) in [6.45, 7) is 0.137. The maximum absolute atomic E-state index is 12.7. The molecule has 0 fully saturated rings. The first kappa shape index (κ1) is 11.9. The van der Waals surface area contributed by atoms with Gasteiger partial charge in [0.1, 0.15) is 5.82 Å². The number of carboxylic acids is 1. The molecule has 0 radical (unpaired) electrons. The predicted octanol–water partition coefficient (Wildman–Crippen LogP) is 1.40. The Labute approximate surface area is 80.8 Å². The SMILES string of the molecule is Cl.NCc1cc(F)cc(C(=O)O)c1. The van der Waals surface area contributed by atoms with Crippen LogP contribution < -0.4 is 5.73 Å².